The minimum Gasteiger partial charge on any atom is -0.459 e. The van der Waals surface area contributed by atoms with E-state index in [2.05, 4.69) is 4.74 Å². The lowest BCUT2D eigenvalue weighted by Crippen LogP contribution is -2.30. The molecule has 1 unspecified atom stereocenters. The number of primary amides is 2. The first-order valence-corrected chi connectivity index (χ1v) is 13.3. The highest BCUT2D eigenvalue weighted by Crippen LogP contribution is 2.36. The molecule has 2 aromatic carbocycles. The lowest BCUT2D eigenvalue weighted by Gasteiger charge is -2.17. The van der Waals surface area contributed by atoms with Gasteiger partial charge in [-0.15, -0.1) is 0 Å². The number of fused-ring (bicyclic) bond motifs is 1. The second-order valence-corrected chi connectivity index (χ2v) is 13.1. The Morgan fingerprint density at radius 3 is 1.76 bits per heavy atom. The number of rotatable bonds is 8. The van der Waals surface area contributed by atoms with Crippen molar-refractivity contribution >= 4 is 105 Å². The molecule has 18 heteroatoms. The molecule has 0 aliphatic carbocycles. The molecule has 42 heavy (non-hydrogen) atoms. The number of carbonyl (C=O) groups excluding carboxylic acids is 4. The van der Waals surface area contributed by atoms with Gasteiger partial charge in [-0.25, -0.2) is 9.59 Å². The average Bonchev–Trinajstić information content (AvgIpc) is 2.86. The summed E-state index contributed by atoms with van der Waals surface area (Å²) in [6, 6.07) is 9.57. The van der Waals surface area contributed by atoms with Crippen LogP contribution in [0, 0.1) is 0 Å². The Bertz CT molecular complexity index is 1590. The standard InChI is InChI=1S/C24H16Cl6N2O10/c25-23(26,27)8-38-21(36)41-13-6-11-12(7-14(13)42-22(37)39-9-24(28,29)30)40-18(16(17(11)33)20(32)35)15(19(31)34)10-4-2-1-3-5-10/h1-7,15H,8-9H2,(H2,31,34)(H2,32,35). The van der Waals surface area contributed by atoms with E-state index < -0.39 is 84.5 Å². The van der Waals surface area contributed by atoms with Gasteiger partial charge in [-0.3, -0.25) is 14.4 Å². The molecule has 224 valence electrons. The fraction of sp³-hybridized carbons (Fsp3) is 0.208. The Balaban J connectivity index is 2.21. The molecule has 0 spiro atoms. The molecule has 0 fully saturated rings. The maximum absolute atomic E-state index is 13.5. The van der Waals surface area contributed by atoms with Crippen LogP contribution >= 0.6 is 69.6 Å². The van der Waals surface area contributed by atoms with Crippen LogP contribution in [0.3, 0.4) is 0 Å². The summed E-state index contributed by atoms with van der Waals surface area (Å²) in [5, 5.41) is -0.407. The molecule has 0 bridgehead atoms. The molecule has 3 aromatic rings. The van der Waals surface area contributed by atoms with Crippen molar-refractivity contribution in [2.75, 3.05) is 13.2 Å². The number of amides is 2. The first kappa shape index (κ1) is 33.4. The topological polar surface area (TPSA) is 187 Å². The van der Waals surface area contributed by atoms with Gasteiger partial charge >= 0.3 is 12.3 Å². The molecule has 3 rings (SSSR count). The average molecular weight is 705 g/mol. The van der Waals surface area contributed by atoms with E-state index in [9.17, 15) is 24.0 Å². The first-order valence-electron chi connectivity index (χ1n) is 11.1. The van der Waals surface area contributed by atoms with Crippen LogP contribution in [0.5, 0.6) is 11.5 Å². The van der Waals surface area contributed by atoms with Crippen LogP contribution in [0.15, 0.2) is 51.7 Å². The number of nitrogens with two attached hydrogens (primary N) is 2. The Labute approximate surface area is 265 Å². The zero-order valence-corrected chi connectivity index (χ0v) is 25.1. The second-order valence-electron chi connectivity index (χ2n) is 8.09. The highest BCUT2D eigenvalue weighted by atomic mass is 35.6. The maximum Gasteiger partial charge on any atom is 0.514 e. The van der Waals surface area contributed by atoms with Crippen molar-refractivity contribution in [3.8, 4) is 11.5 Å². The third kappa shape index (κ3) is 8.93. The van der Waals surface area contributed by atoms with Crippen molar-refractivity contribution in [3.63, 3.8) is 0 Å². The molecule has 0 saturated carbocycles. The Hall–Kier alpha value is -3.13. The number of benzene rings is 2. The van der Waals surface area contributed by atoms with Crippen molar-refractivity contribution in [1.29, 1.82) is 0 Å². The largest absolute Gasteiger partial charge is 0.514 e. The van der Waals surface area contributed by atoms with Gasteiger partial charge in [-0.05, 0) is 11.6 Å². The van der Waals surface area contributed by atoms with Gasteiger partial charge in [0.25, 0.3) is 5.91 Å². The van der Waals surface area contributed by atoms with Crippen LogP contribution in [0.2, 0.25) is 0 Å². The van der Waals surface area contributed by atoms with Crippen molar-refractivity contribution in [1.82, 2.24) is 0 Å². The lowest BCUT2D eigenvalue weighted by molar-refractivity contribution is -0.118. The summed E-state index contributed by atoms with van der Waals surface area (Å²) in [7, 11) is 0. The zero-order valence-electron chi connectivity index (χ0n) is 20.5. The van der Waals surface area contributed by atoms with Crippen LogP contribution in [0.25, 0.3) is 11.0 Å². The van der Waals surface area contributed by atoms with E-state index in [1.807, 2.05) is 0 Å². The normalized spacial score (nSPS) is 12.3. The van der Waals surface area contributed by atoms with E-state index in [0.29, 0.717) is 0 Å². The lowest BCUT2D eigenvalue weighted by atomic mass is 9.91. The van der Waals surface area contributed by atoms with Crippen molar-refractivity contribution in [2.24, 2.45) is 11.5 Å². The smallest absolute Gasteiger partial charge is 0.459 e. The molecule has 2 amide bonds. The summed E-state index contributed by atoms with van der Waals surface area (Å²) >= 11 is 33.4. The van der Waals surface area contributed by atoms with Gasteiger partial charge < -0.3 is 34.8 Å². The summed E-state index contributed by atoms with van der Waals surface area (Å²) in [4.78, 5) is 62.9. The fourth-order valence-electron chi connectivity index (χ4n) is 3.43. The molecule has 0 aliphatic rings. The molecule has 4 N–H and O–H groups in total. The highest BCUT2D eigenvalue weighted by molar-refractivity contribution is 6.68. The van der Waals surface area contributed by atoms with Crippen LogP contribution < -0.4 is 26.4 Å². The number of alkyl halides is 6. The second kappa shape index (κ2) is 13.4. The molecule has 12 nitrogen and oxygen atoms in total. The zero-order chi connectivity index (χ0) is 31.4. The van der Waals surface area contributed by atoms with E-state index in [4.69, 9.17) is 99.7 Å². The Kier molecular flexibility index (Phi) is 10.7. The predicted molar refractivity (Wildman–Crippen MR) is 153 cm³/mol. The number of halogens is 6. The van der Waals surface area contributed by atoms with E-state index in [0.717, 1.165) is 12.1 Å². The number of hydrogen-bond acceptors (Lipinski definition) is 10. The molecule has 0 radical (unpaired) electrons. The van der Waals surface area contributed by atoms with E-state index in [1.54, 1.807) is 18.2 Å². The maximum atomic E-state index is 13.5. The summed E-state index contributed by atoms with van der Waals surface area (Å²) in [6.07, 6.45) is -2.91. The van der Waals surface area contributed by atoms with Gasteiger partial charge in [-0.2, -0.15) is 0 Å². The molecular weight excluding hydrogens is 689 g/mol. The van der Waals surface area contributed by atoms with Gasteiger partial charge in [0, 0.05) is 6.07 Å². The molecular formula is C24H16Cl6N2O10. The van der Waals surface area contributed by atoms with Gasteiger partial charge in [0.1, 0.15) is 36.0 Å². The number of hydrogen-bond donors (Lipinski definition) is 2. The number of carbonyl (C=O) groups is 4. The van der Waals surface area contributed by atoms with Gasteiger partial charge in [0.05, 0.1) is 5.39 Å². The number of ether oxygens (including phenoxy) is 4. The minimum atomic E-state index is -2.01. The Morgan fingerprint density at radius 1 is 0.810 bits per heavy atom. The van der Waals surface area contributed by atoms with Gasteiger partial charge in [-0.1, -0.05) is 99.9 Å². The third-order valence-electron chi connectivity index (χ3n) is 5.00. The SMILES string of the molecule is NC(=O)c1c(C(C(N)=O)c2ccccc2)oc2cc(OC(=O)OCC(Cl)(Cl)Cl)c(OC(=O)OCC(Cl)(Cl)Cl)cc2c1=O. The Morgan fingerprint density at radius 2 is 1.31 bits per heavy atom. The van der Waals surface area contributed by atoms with E-state index in [-0.39, 0.29) is 11.1 Å². The predicted octanol–water partition coefficient (Wildman–Crippen LogP) is 5.28. The third-order valence-corrected chi connectivity index (χ3v) is 5.66. The fourth-order valence-corrected chi connectivity index (χ4v) is 3.75. The molecule has 1 heterocycles. The van der Waals surface area contributed by atoms with Crippen LogP contribution in [-0.4, -0.2) is 44.9 Å². The molecule has 0 aliphatic heterocycles. The quantitative estimate of drug-likeness (QED) is 0.177. The summed E-state index contributed by atoms with van der Waals surface area (Å²) in [5.74, 6) is -5.43. The first-order chi connectivity index (χ1) is 19.5. The van der Waals surface area contributed by atoms with Crippen molar-refractivity contribution < 1.29 is 42.5 Å². The summed E-state index contributed by atoms with van der Waals surface area (Å²) in [5.41, 5.74) is 9.19. The van der Waals surface area contributed by atoms with Crippen molar-refractivity contribution in [2.45, 2.75) is 13.5 Å². The van der Waals surface area contributed by atoms with Crippen molar-refractivity contribution in [3.05, 3.63) is 69.6 Å². The van der Waals surface area contributed by atoms with Crippen LogP contribution in [-0.2, 0) is 14.3 Å². The minimum absolute atomic E-state index is 0.262. The summed E-state index contributed by atoms with van der Waals surface area (Å²) in [6.45, 7) is -1.50. The van der Waals surface area contributed by atoms with Gasteiger partial charge in [0.2, 0.25) is 18.9 Å². The van der Waals surface area contributed by atoms with Gasteiger partial charge in [0.15, 0.2) is 11.5 Å². The van der Waals surface area contributed by atoms with E-state index >= 15 is 0 Å². The van der Waals surface area contributed by atoms with Crippen LogP contribution in [0.4, 0.5) is 9.59 Å². The summed E-state index contributed by atoms with van der Waals surface area (Å²) < 4.78 is 21.2. The molecule has 0 saturated heterocycles. The van der Waals surface area contributed by atoms with E-state index in [1.165, 1.54) is 12.1 Å². The van der Waals surface area contributed by atoms with Crippen LogP contribution in [0.1, 0.15) is 27.6 Å². The molecule has 1 aromatic heterocycles. The molecule has 1 atom stereocenters. The highest BCUT2D eigenvalue weighted by Gasteiger charge is 2.32. The monoisotopic (exact) mass is 702 g/mol.